The van der Waals surface area contributed by atoms with Crippen LogP contribution in [0.4, 0.5) is 11.4 Å². The Bertz CT molecular complexity index is 895. The number of nitrogens with one attached hydrogen (secondary N) is 2. The minimum absolute atomic E-state index is 0.210. The molecule has 0 saturated heterocycles. The highest BCUT2D eigenvalue weighted by Crippen LogP contribution is 2.24. The molecular formula is C20H20N4O2. The quantitative estimate of drug-likeness (QED) is 0.438. The zero-order valence-electron chi connectivity index (χ0n) is 14.6. The minimum atomic E-state index is -0.595. The van der Waals surface area contributed by atoms with E-state index in [4.69, 9.17) is 5.73 Å². The molecule has 2 amide bonds. The van der Waals surface area contributed by atoms with Gasteiger partial charge in [-0.05, 0) is 29.7 Å². The summed E-state index contributed by atoms with van der Waals surface area (Å²) in [6.45, 7) is 4.02. The van der Waals surface area contributed by atoms with Crippen LogP contribution < -0.4 is 16.4 Å². The van der Waals surface area contributed by atoms with Gasteiger partial charge in [0.05, 0.1) is 5.56 Å². The van der Waals surface area contributed by atoms with Gasteiger partial charge in [-0.25, -0.2) is 0 Å². The first-order valence-electron chi connectivity index (χ1n) is 8.10. The van der Waals surface area contributed by atoms with Gasteiger partial charge in [-0.1, -0.05) is 44.2 Å². The van der Waals surface area contributed by atoms with Crippen molar-refractivity contribution >= 4 is 23.2 Å². The molecular weight excluding hydrogens is 328 g/mol. The van der Waals surface area contributed by atoms with E-state index in [9.17, 15) is 14.9 Å². The molecule has 0 spiro atoms. The summed E-state index contributed by atoms with van der Waals surface area (Å²) >= 11 is 0. The molecule has 0 fully saturated rings. The van der Waals surface area contributed by atoms with Crippen molar-refractivity contribution < 1.29 is 9.59 Å². The molecule has 0 aliphatic heterocycles. The van der Waals surface area contributed by atoms with Crippen LogP contribution in [0.15, 0.2) is 60.3 Å². The van der Waals surface area contributed by atoms with Crippen LogP contribution in [0.25, 0.3) is 0 Å². The number of benzene rings is 2. The van der Waals surface area contributed by atoms with Crippen LogP contribution in [0.1, 0.15) is 35.7 Å². The Morgan fingerprint density at radius 2 is 1.77 bits per heavy atom. The van der Waals surface area contributed by atoms with E-state index in [0.29, 0.717) is 11.4 Å². The van der Waals surface area contributed by atoms with Gasteiger partial charge < -0.3 is 16.4 Å². The molecule has 0 aliphatic rings. The molecule has 4 N–H and O–H groups in total. The van der Waals surface area contributed by atoms with Crippen LogP contribution in [0.2, 0.25) is 0 Å². The van der Waals surface area contributed by atoms with E-state index in [-0.39, 0.29) is 17.1 Å². The molecule has 0 aromatic heterocycles. The first-order valence-corrected chi connectivity index (χ1v) is 8.10. The zero-order chi connectivity index (χ0) is 19.1. The number of hydrogen-bond donors (Lipinski definition) is 3. The Morgan fingerprint density at radius 3 is 2.42 bits per heavy atom. The van der Waals surface area contributed by atoms with Gasteiger partial charge in [-0.15, -0.1) is 0 Å². The fraction of sp³-hybridized carbons (Fsp3) is 0.150. The lowest BCUT2D eigenvalue weighted by Crippen LogP contribution is -2.22. The monoisotopic (exact) mass is 348 g/mol. The van der Waals surface area contributed by atoms with Gasteiger partial charge in [0.1, 0.15) is 11.6 Å². The first kappa shape index (κ1) is 18.7. The molecule has 0 unspecified atom stereocenters. The maximum atomic E-state index is 12.4. The van der Waals surface area contributed by atoms with E-state index in [1.165, 1.54) is 0 Å². The number of hydrogen-bond acceptors (Lipinski definition) is 4. The predicted molar refractivity (Wildman–Crippen MR) is 101 cm³/mol. The second kappa shape index (κ2) is 8.49. The summed E-state index contributed by atoms with van der Waals surface area (Å²) in [7, 11) is 0. The molecule has 0 heterocycles. The summed E-state index contributed by atoms with van der Waals surface area (Å²) in [4.78, 5) is 24.5. The summed E-state index contributed by atoms with van der Waals surface area (Å²) in [5.74, 6) is -0.880. The predicted octanol–water partition coefficient (Wildman–Crippen LogP) is 3.17. The van der Waals surface area contributed by atoms with Gasteiger partial charge >= 0.3 is 0 Å². The second-order valence-electron chi connectivity index (χ2n) is 5.93. The van der Waals surface area contributed by atoms with E-state index in [2.05, 4.69) is 10.6 Å². The lowest BCUT2D eigenvalue weighted by Gasteiger charge is -2.13. The first-order chi connectivity index (χ1) is 12.4. The standard InChI is InChI=1S/C20H20N4O2/c1-13(2)15-7-4-6-10-18(15)24-19(25)14(11-21)12-23-20(26)16-8-3-5-9-17(16)22/h3-10,12-13H,22H2,1-2H3,(H,23,26)(H,24,25)/b14-12-. The molecule has 6 nitrogen and oxygen atoms in total. The Balaban J connectivity index is 2.14. The molecule has 0 saturated carbocycles. The van der Waals surface area contributed by atoms with Crippen LogP contribution in [0.5, 0.6) is 0 Å². The van der Waals surface area contributed by atoms with Gasteiger partial charge in [0.25, 0.3) is 11.8 Å². The summed E-state index contributed by atoms with van der Waals surface area (Å²) in [6.07, 6.45) is 1.09. The molecule has 0 radical (unpaired) electrons. The van der Waals surface area contributed by atoms with Crippen molar-refractivity contribution in [2.75, 3.05) is 11.1 Å². The maximum Gasteiger partial charge on any atom is 0.267 e. The Hall–Kier alpha value is -3.59. The number of carbonyl (C=O) groups excluding carboxylic acids is 2. The van der Waals surface area contributed by atoms with Crippen LogP contribution in [-0.2, 0) is 4.79 Å². The topological polar surface area (TPSA) is 108 Å². The van der Waals surface area contributed by atoms with Gasteiger partial charge in [-0.2, -0.15) is 5.26 Å². The third kappa shape index (κ3) is 4.48. The van der Waals surface area contributed by atoms with Crippen LogP contribution in [0.3, 0.4) is 0 Å². The van der Waals surface area contributed by atoms with Crippen molar-refractivity contribution in [3.63, 3.8) is 0 Å². The van der Waals surface area contributed by atoms with Crippen LogP contribution >= 0.6 is 0 Å². The smallest absolute Gasteiger partial charge is 0.267 e. The number of amides is 2. The van der Waals surface area contributed by atoms with Gasteiger partial charge in [-0.3, -0.25) is 9.59 Å². The number of carbonyl (C=O) groups is 2. The normalized spacial score (nSPS) is 10.9. The lowest BCUT2D eigenvalue weighted by molar-refractivity contribution is -0.112. The SMILES string of the molecule is CC(C)c1ccccc1NC(=O)/C(C#N)=C\NC(=O)c1ccccc1N. The lowest BCUT2D eigenvalue weighted by atomic mass is 10.0. The summed E-state index contributed by atoms with van der Waals surface area (Å²) in [6, 6.07) is 15.7. The average Bonchev–Trinajstić information content (AvgIpc) is 2.62. The van der Waals surface area contributed by atoms with Crippen LogP contribution in [-0.4, -0.2) is 11.8 Å². The van der Waals surface area contributed by atoms with E-state index >= 15 is 0 Å². The number of nitriles is 1. The molecule has 0 bridgehead atoms. The van der Waals surface area contributed by atoms with Gasteiger partial charge in [0.15, 0.2) is 0 Å². The van der Waals surface area contributed by atoms with E-state index in [0.717, 1.165) is 11.8 Å². The molecule has 26 heavy (non-hydrogen) atoms. The highest BCUT2D eigenvalue weighted by molar-refractivity contribution is 6.07. The van der Waals surface area contributed by atoms with Gasteiger partial charge in [0.2, 0.25) is 0 Å². The average molecular weight is 348 g/mol. The number of nitrogens with zero attached hydrogens (tertiary/aromatic N) is 1. The molecule has 2 aromatic rings. The van der Waals surface area contributed by atoms with E-state index < -0.39 is 11.8 Å². The number of para-hydroxylation sites is 2. The fourth-order valence-electron chi connectivity index (χ4n) is 2.37. The third-order valence-corrected chi connectivity index (χ3v) is 3.75. The minimum Gasteiger partial charge on any atom is -0.398 e. The second-order valence-corrected chi connectivity index (χ2v) is 5.93. The molecule has 132 valence electrons. The highest BCUT2D eigenvalue weighted by atomic mass is 16.2. The fourth-order valence-corrected chi connectivity index (χ4v) is 2.37. The third-order valence-electron chi connectivity index (χ3n) is 3.75. The van der Waals surface area contributed by atoms with E-state index in [1.807, 2.05) is 26.0 Å². The molecule has 2 rings (SSSR count). The largest absolute Gasteiger partial charge is 0.398 e. The van der Waals surface area contributed by atoms with Crippen molar-refractivity contribution in [1.82, 2.24) is 5.32 Å². The summed E-state index contributed by atoms with van der Waals surface area (Å²) in [5.41, 5.74) is 7.70. The molecule has 6 heteroatoms. The summed E-state index contributed by atoms with van der Waals surface area (Å²) < 4.78 is 0. The van der Waals surface area contributed by atoms with Crippen molar-refractivity contribution in [3.05, 3.63) is 71.4 Å². The highest BCUT2D eigenvalue weighted by Gasteiger charge is 2.14. The summed E-state index contributed by atoms with van der Waals surface area (Å²) in [5, 5.41) is 14.4. The molecule has 2 aromatic carbocycles. The van der Waals surface area contributed by atoms with Crippen molar-refractivity contribution in [1.29, 1.82) is 5.26 Å². The number of nitrogens with two attached hydrogens (primary N) is 1. The maximum absolute atomic E-state index is 12.4. The zero-order valence-corrected chi connectivity index (χ0v) is 14.6. The Morgan fingerprint density at radius 1 is 1.12 bits per heavy atom. The van der Waals surface area contributed by atoms with Crippen molar-refractivity contribution in [2.45, 2.75) is 19.8 Å². The Labute approximate surface area is 152 Å². The molecule has 0 aliphatic carbocycles. The van der Waals surface area contributed by atoms with Crippen molar-refractivity contribution in [3.8, 4) is 6.07 Å². The Kier molecular flexibility index (Phi) is 6.12. The molecule has 0 atom stereocenters. The van der Waals surface area contributed by atoms with E-state index in [1.54, 1.807) is 42.5 Å². The number of rotatable bonds is 5. The van der Waals surface area contributed by atoms with Crippen molar-refractivity contribution in [2.24, 2.45) is 0 Å². The van der Waals surface area contributed by atoms with Gasteiger partial charge in [0, 0.05) is 17.6 Å². The number of nitrogen functional groups attached to an aromatic ring is 1. The number of anilines is 2. The van der Waals surface area contributed by atoms with Crippen LogP contribution in [0, 0.1) is 11.3 Å².